The van der Waals surface area contributed by atoms with Crippen LogP contribution in [-0.2, 0) is 18.4 Å². The van der Waals surface area contributed by atoms with Crippen molar-refractivity contribution in [3.8, 4) is 11.5 Å². The maximum Gasteiger partial charge on any atom is 0.234 e. The molecule has 8 heteroatoms. The van der Waals surface area contributed by atoms with Crippen molar-refractivity contribution in [3.63, 3.8) is 0 Å². The van der Waals surface area contributed by atoms with Crippen LogP contribution in [0.3, 0.4) is 0 Å². The summed E-state index contributed by atoms with van der Waals surface area (Å²) in [4.78, 5) is 12.2. The zero-order valence-corrected chi connectivity index (χ0v) is 18.5. The standard InChI is InChI=1S/C22H26N4O3S/c1-5-28-18-9-7-17(8-10-18)23-21(27)14-30-22-25-24-20(26(22)4)13-29-19-11-6-15(2)12-16(19)3/h6-12H,5,13-14H2,1-4H3,(H,23,27). The van der Waals surface area contributed by atoms with E-state index in [1.165, 1.54) is 17.3 Å². The van der Waals surface area contributed by atoms with Crippen molar-refractivity contribution in [2.45, 2.75) is 32.5 Å². The summed E-state index contributed by atoms with van der Waals surface area (Å²) in [6, 6.07) is 13.4. The number of hydrogen-bond donors (Lipinski definition) is 1. The fourth-order valence-electron chi connectivity index (χ4n) is 2.83. The highest BCUT2D eigenvalue weighted by Crippen LogP contribution is 2.21. The summed E-state index contributed by atoms with van der Waals surface area (Å²) in [5.41, 5.74) is 3.00. The van der Waals surface area contributed by atoms with E-state index in [9.17, 15) is 4.79 Å². The number of ether oxygens (including phenoxy) is 2. The van der Waals surface area contributed by atoms with Crippen LogP contribution in [-0.4, -0.2) is 33.0 Å². The number of aryl methyl sites for hydroxylation is 2. The Morgan fingerprint density at radius 2 is 1.87 bits per heavy atom. The van der Waals surface area contributed by atoms with Gasteiger partial charge in [-0.05, 0) is 56.7 Å². The third-order valence-corrected chi connectivity index (χ3v) is 5.41. The molecule has 3 rings (SSSR count). The molecule has 1 amide bonds. The topological polar surface area (TPSA) is 78.3 Å². The molecule has 0 atom stereocenters. The van der Waals surface area contributed by atoms with Gasteiger partial charge in [0.25, 0.3) is 0 Å². The van der Waals surface area contributed by atoms with Crippen molar-refractivity contribution in [1.82, 2.24) is 14.8 Å². The van der Waals surface area contributed by atoms with E-state index >= 15 is 0 Å². The number of carbonyl (C=O) groups is 1. The summed E-state index contributed by atoms with van der Waals surface area (Å²) in [5, 5.41) is 11.9. The Bertz CT molecular complexity index is 1000. The molecule has 1 heterocycles. The van der Waals surface area contributed by atoms with Crippen molar-refractivity contribution in [1.29, 1.82) is 0 Å². The van der Waals surface area contributed by atoms with Gasteiger partial charge in [-0.1, -0.05) is 29.5 Å². The van der Waals surface area contributed by atoms with Gasteiger partial charge < -0.3 is 19.4 Å². The van der Waals surface area contributed by atoms with E-state index in [2.05, 4.69) is 28.5 Å². The molecule has 1 N–H and O–H groups in total. The zero-order chi connectivity index (χ0) is 21.5. The van der Waals surface area contributed by atoms with Crippen molar-refractivity contribution >= 4 is 23.4 Å². The van der Waals surface area contributed by atoms with Crippen molar-refractivity contribution in [2.24, 2.45) is 7.05 Å². The van der Waals surface area contributed by atoms with Crippen LogP contribution in [0.4, 0.5) is 5.69 Å². The van der Waals surface area contributed by atoms with Gasteiger partial charge in [-0.15, -0.1) is 10.2 Å². The number of anilines is 1. The normalized spacial score (nSPS) is 10.7. The third-order valence-electron chi connectivity index (χ3n) is 4.39. The predicted octanol–water partition coefficient (Wildman–Crippen LogP) is 4.14. The van der Waals surface area contributed by atoms with E-state index in [-0.39, 0.29) is 11.7 Å². The van der Waals surface area contributed by atoms with Crippen LogP contribution >= 0.6 is 11.8 Å². The molecular formula is C22H26N4O3S. The number of rotatable bonds is 9. The fraction of sp³-hybridized carbons (Fsp3) is 0.318. The van der Waals surface area contributed by atoms with E-state index in [4.69, 9.17) is 9.47 Å². The van der Waals surface area contributed by atoms with Gasteiger partial charge in [-0.2, -0.15) is 0 Å². The minimum absolute atomic E-state index is 0.111. The van der Waals surface area contributed by atoms with E-state index in [0.717, 1.165) is 22.7 Å². The molecule has 0 aliphatic heterocycles. The average molecular weight is 427 g/mol. The maximum absolute atomic E-state index is 12.2. The lowest BCUT2D eigenvalue weighted by molar-refractivity contribution is -0.113. The molecule has 0 saturated carbocycles. The van der Waals surface area contributed by atoms with Gasteiger partial charge in [0.05, 0.1) is 12.4 Å². The Morgan fingerprint density at radius 3 is 2.57 bits per heavy atom. The van der Waals surface area contributed by atoms with Crippen molar-refractivity contribution in [2.75, 3.05) is 17.7 Å². The second kappa shape index (κ2) is 10.2. The highest BCUT2D eigenvalue weighted by atomic mass is 32.2. The summed E-state index contributed by atoms with van der Waals surface area (Å²) in [7, 11) is 1.87. The average Bonchev–Trinajstić information content (AvgIpc) is 3.07. The molecule has 0 aliphatic carbocycles. The Hall–Kier alpha value is -3.00. The second-order valence-electron chi connectivity index (χ2n) is 6.81. The first-order valence-corrected chi connectivity index (χ1v) is 10.7. The third kappa shape index (κ3) is 5.76. The minimum Gasteiger partial charge on any atom is -0.494 e. The van der Waals surface area contributed by atoms with Gasteiger partial charge >= 0.3 is 0 Å². The predicted molar refractivity (Wildman–Crippen MR) is 118 cm³/mol. The van der Waals surface area contributed by atoms with E-state index in [1.807, 2.05) is 61.9 Å². The van der Waals surface area contributed by atoms with Crippen LogP contribution in [0.1, 0.15) is 23.9 Å². The van der Waals surface area contributed by atoms with Crippen LogP contribution in [0.5, 0.6) is 11.5 Å². The van der Waals surface area contributed by atoms with Crippen LogP contribution in [0.25, 0.3) is 0 Å². The molecule has 0 spiro atoms. The van der Waals surface area contributed by atoms with Crippen molar-refractivity contribution in [3.05, 3.63) is 59.4 Å². The molecule has 0 unspecified atom stereocenters. The first-order chi connectivity index (χ1) is 14.5. The van der Waals surface area contributed by atoms with E-state index in [1.54, 1.807) is 0 Å². The summed E-state index contributed by atoms with van der Waals surface area (Å²) in [5.74, 6) is 2.42. The molecule has 0 aliphatic rings. The Balaban J connectivity index is 1.51. The molecule has 158 valence electrons. The summed E-state index contributed by atoms with van der Waals surface area (Å²) in [6.45, 7) is 6.92. The van der Waals surface area contributed by atoms with E-state index in [0.29, 0.717) is 24.2 Å². The van der Waals surface area contributed by atoms with E-state index < -0.39 is 0 Å². The van der Waals surface area contributed by atoms with Gasteiger partial charge in [-0.25, -0.2) is 0 Å². The first-order valence-electron chi connectivity index (χ1n) is 9.70. The molecule has 0 radical (unpaired) electrons. The van der Waals surface area contributed by atoms with Gasteiger partial charge in [0.2, 0.25) is 5.91 Å². The summed E-state index contributed by atoms with van der Waals surface area (Å²) >= 11 is 1.33. The minimum atomic E-state index is -0.111. The molecule has 3 aromatic rings. The summed E-state index contributed by atoms with van der Waals surface area (Å²) < 4.78 is 13.1. The Kier molecular flexibility index (Phi) is 7.35. The fourth-order valence-corrected chi connectivity index (χ4v) is 3.56. The van der Waals surface area contributed by atoms with Crippen LogP contribution in [0.2, 0.25) is 0 Å². The monoisotopic (exact) mass is 426 g/mol. The van der Waals surface area contributed by atoms with Gasteiger partial charge in [-0.3, -0.25) is 4.79 Å². The summed E-state index contributed by atoms with van der Waals surface area (Å²) in [6.07, 6.45) is 0. The largest absolute Gasteiger partial charge is 0.494 e. The second-order valence-corrected chi connectivity index (χ2v) is 7.75. The molecule has 2 aromatic carbocycles. The quantitative estimate of drug-likeness (QED) is 0.518. The molecule has 0 fully saturated rings. The SMILES string of the molecule is CCOc1ccc(NC(=O)CSc2nnc(COc3ccc(C)cc3C)n2C)cc1. The number of carbonyl (C=O) groups excluding carboxylic acids is 1. The number of hydrogen-bond acceptors (Lipinski definition) is 6. The van der Waals surface area contributed by atoms with Gasteiger partial charge in [0.15, 0.2) is 11.0 Å². The van der Waals surface area contributed by atoms with Crippen LogP contribution in [0, 0.1) is 13.8 Å². The molecule has 7 nitrogen and oxygen atoms in total. The Morgan fingerprint density at radius 1 is 1.10 bits per heavy atom. The number of thioether (sulfide) groups is 1. The van der Waals surface area contributed by atoms with Crippen LogP contribution < -0.4 is 14.8 Å². The lowest BCUT2D eigenvalue weighted by Gasteiger charge is -2.10. The van der Waals surface area contributed by atoms with Gasteiger partial charge in [0.1, 0.15) is 18.1 Å². The molecule has 1 aromatic heterocycles. The lowest BCUT2D eigenvalue weighted by Crippen LogP contribution is -2.14. The number of aromatic nitrogens is 3. The first kappa shape index (κ1) is 21.7. The number of amides is 1. The van der Waals surface area contributed by atoms with Gasteiger partial charge in [0, 0.05) is 12.7 Å². The van der Waals surface area contributed by atoms with Crippen LogP contribution in [0.15, 0.2) is 47.6 Å². The Labute approximate surface area is 180 Å². The molecular weight excluding hydrogens is 400 g/mol. The zero-order valence-electron chi connectivity index (χ0n) is 17.6. The molecule has 0 bridgehead atoms. The molecule has 0 saturated heterocycles. The molecule has 30 heavy (non-hydrogen) atoms. The highest BCUT2D eigenvalue weighted by Gasteiger charge is 2.13. The lowest BCUT2D eigenvalue weighted by atomic mass is 10.1. The highest BCUT2D eigenvalue weighted by molar-refractivity contribution is 7.99. The maximum atomic E-state index is 12.2. The number of nitrogens with zero attached hydrogens (tertiary/aromatic N) is 3. The van der Waals surface area contributed by atoms with Crippen molar-refractivity contribution < 1.29 is 14.3 Å². The number of nitrogens with one attached hydrogen (secondary N) is 1. The number of benzene rings is 2. The smallest absolute Gasteiger partial charge is 0.234 e.